The van der Waals surface area contributed by atoms with Crippen LogP contribution in [-0.4, -0.2) is 25.7 Å². The fourth-order valence-corrected chi connectivity index (χ4v) is 1.36. The number of nitrogens with one attached hydrogen (secondary N) is 2. The third-order valence-corrected chi connectivity index (χ3v) is 2.40. The molecule has 0 aromatic rings. The van der Waals surface area contributed by atoms with Crippen LogP contribution in [0.5, 0.6) is 0 Å². The zero-order valence-corrected chi connectivity index (χ0v) is 6.98. The van der Waals surface area contributed by atoms with E-state index in [0.29, 0.717) is 6.04 Å². The molecule has 0 aromatic heterocycles. The average Bonchev–Trinajstić information content (AvgIpc) is 2.05. The first kappa shape index (κ1) is 8.02. The molecule has 2 heteroatoms. The lowest BCUT2D eigenvalue weighted by Gasteiger charge is -2.28. The third kappa shape index (κ3) is 1.96. The molecule has 0 saturated carbocycles. The van der Waals surface area contributed by atoms with Crippen molar-refractivity contribution in [1.29, 1.82) is 0 Å². The van der Waals surface area contributed by atoms with Crippen LogP contribution in [0.1, 0.15) is 20.3 Å². The van der Waals surface area contributed by atoms with E-state index in [9.17, 15) is 0 Å². The van der Waals surface area contributed by atoms with Gasteiger partial charge in [-0.05, 0) is 5.92 Å². The highest BCUT2D eigenvalue weighted by atomic mass is 15.1. The van der Waals surface area contributed by atoms with Crippen LogP contribution in [0, 0.1) is 5.92 Å². The molecule has 1 aliphatic rings. The Morgan fingerprint density at radius 2 is 2.30 bits per heavy atom. The van der Waals surface area contributed by atoms with Gasteiger partial charge in [0, 0.05) is 25.7 Å². The van der Waals surface area contributed by atoms with Crippen LogP contribution < -0.4 is 10.6 Å². The van der Waals surface area contributed by atoms with E-state index in [1.807, 2.05) is 0 Å². The van der Waals surface area contributed by atoms with E-state index in [-0.39, 0.29) is 0 Å². The first-order valence-corrected chi connectivity index (χ1v) is 4.28. The second-order valence-electron chi connectivity index (χ2n) is 3.15. The van der Waals surface area contributed by atoms with Crippen molar-refractivity contribution >= 4 is 0 Å². The van der Waals surface area contributed by atoms with Crippen molar-refractivity contribution < 1.29 is 0 Å². The molecule has 1 unspecified atom stereocenters. The van der Waals surface area contributed by atoms with Crippen molar-refractivity contribution in [3.8, 4) is 0 Å². The lowest BCUT2D eigenvalue weighted by Crippen LogP contribution is -2.51. The summed E-state index contributed by atoms with van der Waals surface area (Å²) in [7, 11) is 0. The standard InChI is InChI=1S/C8H18N2/c1-3-7(2)8-6-9-4-5-10-8/h7-10H,3-6H2,1-2H3/t7?,8-/m1/s1. The van der Waals surface area contributed by atoms with Gasteiger partial charge in [0.25, 0.3) is 0 Å². The Kier molecular flexibility index (Phi) is 3.16. The summed E-state index contributed by atoms with van der Waals surface area (Å²) >= 11 is 0. The van der Waals surface area contributed by atoms with E-state index < -0.39 is 0 Å². The molecule has 0 radical (unpaired) electrons. The molecule has 1 aliphatic heterocycles. The zero-order chi connectivity index (χ0) is 7.40. The van der Waals surface area contributed by atoms with Gasteiger partial charge in [-0.3, -0.25) is 0 Å². The summed E-state index contributed by atoms with van der Waals surface area (Å²) in [6.45, 7) is 7.97. The van der Waals surface area contributed by atoms with Gasteiger partial charge in [0.2, 0.25) is 0 Å². The van der Waals surface area contributed by atoms with Crippen LogP contribution in [0.4, 0.5) is 0 Å². The predicted molar refractivity (Wildman–Crippen MR) is 44.1 cm³/mol. The average molecular weight is 142 g/mol. The molecular formula is C8H18N2. The van der Waals surface area contributed by atoms with Gasteiger partial charge in [0.1, 0.15) is 0 Å². The highest BCUT2D eigenvalue weighted by Crippen LogP contribution is 2.07. The highest BCUT2D eigenvalue weighted by molar-refractivity contribution is 4.78. The first-order chi connectivity index (χ1) is 4.84. The molecule has 2 atom stereocenters. The molecule has 2 nitrogen and oxygen atoms in total. The van der Waals surface area contributed by atoms with Gasteiger partial charge >= 0.3 is 0 Å². The van der Waals surface area contributed by atoms with Gasteiger partial charge in [-0.1, -0.05) is 20.3 Å². The molecule has 0 amide bonds. The van der Waals surface area contributed by atoms with Gasteiger partial charge < -0.3 is 10.6 Å². The molecule has 0 bridgehead atoms. The van der Waals surface area contributed by atoms with E-state index >= 15 is 0 Å². The Morgan fingerprint density at radius 1 is 1.50 bits per heavy atom. The van der Waals surface area contributed by atoms with E-state index in [1.54, 1.807) is 0 Å². The molecule has 0 aliphatic carbocycles. The van der Waals surface area contributed by atoms with E-state index in [0.717, 1.165) is 25.6 Å². The summed E-state index contributed by atoms with van der Waals surface area (Å²) in [4.78, 5) is 0. The first-order valence-electron chi connectivity index (χ1n) is 4.28. The smallest absolute Gasteiger partial charge is 0.0218 e. The summed E-state index contributed by atoms with van der Waals surface area (Å²) in [5.41, 5.74) is 0. The van der Waals surface area contributed by atoms with Gasteiger partial charge in [-0.2, -0.15) is 0 Å². The van der Waals surface area contributed by atoms with Crippen LogP contribution in [0.25, 0.3) is 0 Å². The summed E-state index contributed by atoms with van der Waals surface area (Å²) < 4.78 is 0. The summed E-state index contributed by atoms with van der Waals surface area (Å²) in [6.07, 6.45) is 1.28. The summed E-state index contributed by atoms with van der Waals surface area (Å²) in [6, 6.07) is 0.707. The molecule has 1 rings (SSSR count). The van der Waals surface area contributed by atoms with Crippen LogP contribution >= 0.6 is 0 Å². The Morgan fingerprint density at radius 3 is 2.80 bits per heavy atom. The third-order valence-electron chi connectivity index (χ3n) is 2.40. The van der Waals surface area contributed by atoms with Crippen molar-refractivity contribution in [2.75, 3.05) is 19.6 Å². The largest absolute Gasteiger partial charge is 0.314 e. The molecular weight excluding hydrogens is 124 g/mol. The van der Waals surface area contributed by atoms with Gasteiger partial charge in [-0.15, -0.1) is 0 Å². The Bertz CT molecular complexity index is 87.3. The van der Waals surface area contributed by atoms with Crippen molar-refractivity contribution in [2.24, 2.45) is 5.92 Å². The summed E-state index contributed by atoms with van der Waals surface area (Å²) in [5, 5.41) is 6.89. The van der Waals surface area contributed by atoms with Crippen molar-refractivity contribution in [2.45, 2.75) is 26.3 Å². The SMILES string of the molecule is CCC(C)[C@H]1CNCCN1. The minimum atomic E-state index is 0.707. The normalized spacial score (nSPS) is 30.0. The Hall–Kier alpha value is -0.0800. The monoisotopic (exact) mass is 142 g/mol. The van der Waals surface area contributed by atoms with E-state index in [4.69, 9.17) is 0 Å². The summed E-state index contributed by atoms with van der Waals surface area (Å²) in [5.74, 6) is 0.813. The van der Waals surface area contributed by atoms with Gasteiger partial charge in [0.15, 0.2) is 0 Å². The zero-order valence-electron chi connectivity index (χ0n) is 6.98. The molecule has 0 aromatic carbocycles. The number of rotatable bonds is 2. The molecule has 10 heavy (non-hydrogen) atoms. The molecule has 0 spiro atoms. The minimum Gasteiger partial charge on any atom is -0.314 e. The van der Waals surface area contributed by atoms with Crippen molar-refractivity contribution in [1.82, 2.24) is 10.6 Å². The van der Waals surface area contributed by atoms with Crippen LogP contribution in [0.2, 0.25) is 0 Å². The number of piperazine rings is 1. The van der Waals surface area contributed by atoms with E-state index in [2.05, 4.69) is 24.5 Å². The van der Waals surface area contributed by atoms with Gasteiger partial charge in [-0.25, -0.2) is 0 Å². The molecule has 1 fully saturated rings. The molecule has 1 saturated heterocycles. The van der Waals surface area contributed by atoms with Crippen LogP contribution in [0.15, 0.2) is 0 Å². The maximum Gasteiger partial charge on any atom is 0.0218 e. The Balaban J connectivity index is 2.24. The fraction of sp³-hybridized carbons (Fsp3) is 1.00. The van der Waals surface area contributed by atoms with E-state index in [1.165, 1.54) is 6.42 Å². The molecule has 1 heterocycles. The Labute approximate surface area is 63.4 Å². The maximum absolute atomic E-state index is 3.51. The second-order valence-corrected chi connectivity index (χ2v) is 3.15. The molecule has 60 valence electrons. The van der Waals surface area contributed by atoms with Crippen LogP contribution in [-0.2, 0) is 0 Å². The van der Waals surface area contributed by atoms with Crippen molar-refractivity contribution in [3.05, 3.63) is 0 Å². The second kappa shape index (κ2) is 3.94. The quantitative estimate of drug-likeness (QED) is 0.590. The number of hydrogen-bond donors (Lipinski definition) is 2. The van der Waals surface area contributed by atoms with Gasteiger partial charge in [0.05, 0.1) is 0 Å². The number of hydrogen-bond acceptors (Lipinski definition) is 2. The van der Waals surface area contributed by atoms with Crippen LogP contribution in [0.3, 0.4) is 0 Å². The fourth-order valence-electron chi connectivity index (χ4n) is 1.36. The maximum atomic E-state index is 3.51. The molecule has 2 N–H and O–H groups in total. The lowest BCUT2D eigenvalue weighted by atomic mass is 9.98. The topological polar surface area (TPSA) is 24.1 Å². The minimum absolute atomic E-state index is 0.707. The van der Waals surface area contributed by atoms with Crippen molar-refractivity contribution in [3.63, 3.8) is 0 Å². The lowest BCUT2D eigenvalue weighted by molar-refractivity contribution is 0.319. The predicted octanol–water partition coefficient (Wildman–Crippen LogP) is 0.594. The highest BCUT2D eigenvalue weighted by Gasteiger charge is 2.16.